The number of H-pyrrole nitrogens is 1. The third-order valence-electron chi connectivity index (χ3n) is 5.89. The van der Waals surface area contributed by atoms with Crippen molar-refractivity contribution in [1.82, 2.24) is 14.8 Å². The minimum Gasteiger partial charge on any atom is -0.351 e. The van der Waals surface area contributed by atoms with Crippen LogP contribution in [0.1, 0.15) is 28.0 Å². The van der Waals surface area contributed by atoms with Crippen molar-refractivity contribution in [1.29, 1.82) is 0 Å². The van der Waals surface area contributed by atoms with Gasteiger partial charge in [-0.2, -0.15) is 0 Å². The zero-order valence-corrected chi connectivity index (χ0v) is 14.8. The number of likely N-dealkylation sites (tertiary alicyclic amines) is 1. The van der Waals surface area contributed by atoms with E-state index < -0.39 is 0 Å². The lowest BCUT2D eigenvalue weighted by molar-refractivity contribution is 0.0768. The van der Waals surface area contributed by atoms with E-state index in [0.29, 0.717) is 11.7 Å². The van der Waals surface area contributed by atoms with Gasteiger partial charge in [0.1, 0.15) is 5.69 Å². The molecule has 1 atom stereocenters. The van der Waals surface area contributed by atoms with Gasteiger partial charge < -0.3 is 9.88 Å². The Bertz CT molecular complexity index is 928. The fourth-order valence-corrected chi connectivity index (χ4v) is 4.41. The topological polar surface area (TPSA) is 39.3 Å². The van der Waals surface area contributed by atoms with Gasteiger partial charge in [0.2, 0.25) is 0 Å². The number of fused-ring (bicyclic) bond motifs is 2. The number of benzene rings is 2. The molecule has 1 N–H and O–H groups in total. The van der Waals surface area contributed by atoms with Crippen molar-refractivity contribution in [3.8, 4) is 0 Å². The number of nitrogens with one attached hydrogen (secondary N) is 1. The molecule has 4 heteroatoms. The molecule has 2 aliphatic heterocycles. The molecule has 0 saturated carbocycles. The fraction of sp³-hybridized carbons (Fsp3) is 0.318. The third kappa shape index (κ3) is 2.71. The van der Waals surface area contributed by atoms with Crippen LogP contribution >= 0.6 is 0 Å². The maximum Gasteiger partial charge on any atom is 0.270 e. The first-order chi connectivity index (χ1) is 12.8. The number of para-hydroxylation sites is 1. The lowest BCUT2D eigenvalue weighted by Crippen LogP contribution is -2.41. The van der Waals surface area contributed by atoms with Gasteiger partial charge in [-0.05, 0) is 36.1 Å². The Morgan fingerprint density at radius 1 is 1.00 bits per heavy atom. The Morgan fingerprint density at radius 2 is 1.81 bits per heavy atom. The van der Waals surface area contributed by atoms with E-state index in [1.807, 2.05) is 35.2 Å². The van der Waals surface area contributed by atoms with Crippen molar-refractivity contribution in [2.24, 2.45) is 0 Å². The Kier molecular flexibility index (Phi) is 3.79. The van der Waals surface area contributed by atoms with Crippen LogP contribution in [0.2, 0.25) is 0 Å². The largest absolute Gasteiger partial charge is 0.351 e. The van der Waals surface area contributed by atoms with Gasteiger partial charge in [0.15, 0.2) is 0 Å². The number of nitrogens with zero attached hydrogens (tertiary/aromatic N) is 2. The molecule has 3 aromatic rings. The number of carbonyl (C=O) groups excluding carboxylic acids is 1. The summed E-state index contributed by atoms with van der Waals surface area (Å²) in [6.45, 7) is 3.78. The summed E-state index contributed by atoms with van der Waals surface area (Å²) < 4.78 is 0. The van der Waals surface area contributed by atoms with Crippen molar-refractivity contribution in [3.05, 3.63) is 71.4 Å². The van der Waals surface area contributed by atoms with Crippen LogP contribution in [-0.2, 0) is 13.0 Å². The number of amides is 1. The number of aromatic amines is 1. The number of aromatic nitrogens is 1. The molecular formula is C22H23N3O. The monoisotopic (exact) mass is 345 g/mol. The molecule has 4 nitrogen and oxygen atoms in total. The van der Waals surface area contributed by atoms with E-state index in [1.54, 1.807) is 0 Å². The average molecular weight is 345 g/mol. The van der Waals surface area contributed by atoms with Crippen LogP contribution in [0.15, 0.2) is 54.6 Å². The maximum absolute atomic E-state index is 12.9. The van der Waals surface area contributed by atoms with Crippen molar-refractivity contribution >= 4 is 16.8 Å². The van der Waals surface area contributed by atoms with E-state index in [2.05, 4.69) is 34.1 Å². The molecule has 0 spiro atoms. The van der Waals surface area contributed by atoms with Gasteiger partial charge in [-0.1, -0.05) is 42.5 Å². The average Bonchev–Trinajstić information content (AvgIpc) is 3.34. The van der Waals surface area contributed by atoms with Gasteiger partial charge in [0, 0.05) is 43.1 Å². The lowest BCUT2D eigenvalue weighted by atomic mass is 9.98. The summed E-state index contributed by atoms with van der Waals surface area (Å²) in [7, 11) is 0. The van der Waals surface area contributed by atoms with E-state index in [9.17, 15) is 4.79 Å². The van der Waals surface area contributed by atoms with E-state index in [4.69, 9.17) is 0 Å². The molecule has 0 radical (unpaired) electrons. The molecule has 26 heavy (non-hydrogen) atoms. The Balaban J connectivity index is 1.29. The number of carbonyl (C=O) groups is 1. The third-order valence-corrected chi connectivity index (χ3v) is 5.89. The molecule has 1 aromatic heterocycles. The highest BCUT2D eigenvalue weighted by Gasteiger charge is 2.32. The van der Waals surface area contributed by atoms with Gasteiger partial charge in [-0.15, -0.1) is 0 Å². The van der Waals surface area contributed by atoms with Crippen LogP contribution in [0.4, 0.5) is 0 Å². The van der Waals surface area contributed by atoms with Gasteiger partial charge in [0.25, 0.3) is 5.91 Å². The second kappa shape index (κ2) is 6.29. The summed E-state index contributed by atoms with van der Waals surface area (Å²) >= 11 is 0. The van der Waals surface area contributed by atoms with E-state index in [1.165, 1.54) is 11.1 Å². The zero-order valence-electron chi connectivity index (χ0n) is 14.8. The first-order valence-electron chi connectivity index (χ1n) is 9.46. The van der Waals surface area contributed by atoms with Gasteiger partial charge in [-0.3, -0.25) is 9.69 Å². The predicted octanol–water partition coefficient (Wildman–Crippen LogP) is 3.44. The van der Waals surface area contributed by atoms with E-state index in [-0.39, 0.29) is 5.91 Å². The molecule has 2 aromatic carbocycles. The number of hydrogen-bond donors (Lipinski definition) is 1. The number of rotatable bonds is 2. The summed E-state index contributed by atoms with van der Waals surface area (Å²) in [5, 5.41) is 1.10. The molecule has 0 aliphatic carbocycles. The first kappa shape index (κ1) is 15.6. The Morgan fingerprint density at radius 3 is 2.69 bits per heavy atom. The first-order valence-corrected chi connectivity index (χ1v) is 9.46. The minimum absolute atomic E-state index is 0.126. The second-order valence-corrected chi connectivity index (χ2v) is 7.45. The molecule has 1 saturated heterocycles. The standard InChI is InChI=1S/C22H23N3O/c26-22(21-13-17-6-3-4-8-20(17)23-21)25-12-10-19(15-25)24-11-9-16-5-1-2-7-18(16)14-24/h1-8,13,19,23H,9-12,14-15H2. The summed E-state index contributed by atoms with van der Waals surface area (Å²) in [5.41, 5.74) is 4.65. The van der Waals surface area contributed by atoms with Crippen LogP contribution in [0.25, 0.3) is 10.9 Å². The Hall–Kier alpha value is -2.59. The van der Waals surface area contributed by atoms with Crippen LogP contribution < -0.4 is 0 Å². The van der Waals surface area contributed by atoms with E-state index >= 15 is 0 Å². The zero-order chi connectivity index (χ0) is 17.5. The van der Waals surface area contributed by atoms with Crippen LogP contribution in [0.3, 0.4) is 0 Å². The van der Waals surface area contributed by atoms with Gasteiger partial charge in [-0.25, -0.2) is 0 Å². The summed E-state index contributed by atoms with van der Waals surface area (Å²) in [6.07, 6.45) is 2.18. The highest BCUT2D eigenvalue weighted by molar-refractivity contribution is 5.98. The highest BCUT2D eigenvalue weighted by Crippen LogP contribution is 2.25. The molecule has 1 unspecified atom stereocenters. The molecule has 3 heterocycles. The van der Waals surface area contributed by atoms with Crippen LogP contribution in [-0.4, -0.2) is 46.4 Å². The quantitative estimate of drug-likeness (QED) is 0.773. The van der Waals surface area contributed by atoms with Gasteiger partial charge >= 0.3 is 0 Å². The summed E-state index contributed by atoms with van der Waals surface area (Å²) in [4.78, 5) is 20.8. The summed E-state index contributed by atoms with van der Waals surface area (Å²) in [5.74, 6) is 0.126. The molecule has 2 aliphatic rings. The smallest absolute Gasteiger partial charge is 0.270 e. The molecule has 5 rings (SSSR count). The number of hydrogen-bond acceptors (Lipinski definition) is 2. The van der Waals surface area contributed by atoms with Crippen molar-refractivity contribution < 1.29 is 4.79 Å². The summed E-state index contributed by atoms with van der Waals surface area (Å²) in [6, 6.07) is 19.2. The molecule has 132 valence electrons. The second-order valence-electron chi connectivity index (χ2n) is 7.45. The molecule has 0 bridgehead atoms. The Labute approximate surface area is 153 Å². The van der Waals surface area contributed by atoms with Crippen molar-refractivity contribution in [3.63, 3.8) is 0 Å². The normalized spacial score (nSPS) is 20.5. The van der Waals surface area contributed by atoms with Crippen LogP contribution in [0.5, 0.6) is 0 Å². The maximum atomic E-state index is 12.9. The highest BCUT2D eigenvalue weighted by atomic mass is 16.2. The predicted molar refractivity (Wildman–Crippen MR) is 103 cm³/mol. The SMILES string of the molecule is O=C(c1cc2ccccc2[nH]1)N1CCC(N2CCc3ccccc3C2)C1. The van der Waals surface area contributed by atoms with Gasteiger partial charge in [0.05, 0.1) is 0 Å². The lowest BCUT2D eigenvalue weighted by Gasteiger charge is -2.33. The molecule has 1 fully saturated rings. The van der Waals surface area contributed by atoms with E-state index in [0.717, 1.165) is 49.9 Å². The van der Waals surface area contributed by atoms with Crippen LogP contribution in [0, 0.1) is 0 Å². The fourth-order valence-electron chi connectivity index (χ4n) is 4.41. The molecule has 1 amide bonds. The molecular weight excluding hydrogens is 322 g/mol. The minimum atomic E-state index is 0.126. The van der Waals surface area contributed by atoms with Crippen molar-refractivity contribution in [2.75, 3.05) is 19.6 Å². The van der Waals surface area contributed by atoms with Crippen molar-refractivity contribution in [2.45, 2.75) is 25.4 Å².